The van der Waals surface area contributed by atoms with E-state index in [-0.39, 0.29) is 37.0 Å². The summed E-state index contributed by atoms with van der Waals surface area (Å²) in [6.07, 6.45) is 0.00168. The van der Waals surface area contributed by atoms with Crippen LogP contribution in [0.15, 0.2) is 5.16 Å². The molecule has 94 valence electrons. The zero-order valence-corrected chi connectivity index (χ0v) is 10.3. The normalized spacial score (nSPS) is 12.2. The fourth-order valence-electron chi connectivity index (χ4n) is 1.09. The minimum absolute atomic E-state index is 0.00168. The molecule has 0 aliphatic heterocycles. The number of hydrogen-bond acceptors (Lipinski definition) is 4. The average Bonchev–Trinajstić information content (AvgIpc) is 2.21. The lowest BCUT2D eigenvalue weighted by Gasteiger charge is -2.26. The van der Waals surface area contributed by atoms with E-state index in [1.807, 2.05) is 27.7 Å². The van der Waals surface area contributed by atoms with Gasteiger partial charge in [-0.15, -0.1) is 0 Å². The molecule has 6 nitrogen and oxygen atoms in total. The van der Waals surface area contributed by atoms with Crippen molar-refractivity contribution in [2.45, 2.75) is 39.8 Å². The molecule has 0 bridgehead atoms. The molecule has 3 N–H and O–H groups in total. The number of hydrogen-bond donors (Lipinski definition) is 2. The minimum atomic E-state index is -0.171. The Morgan fingerprint density at radius 3 is 2.38 bits per heavy atom. The van der Waals surface area contributed by atoms with E-state index in [0.717, 1.165) is 0 Å². The zero-order chi connectivity index (χ0) is 12.7. The van der Waals surface area contributed by atoms with Gasteiger partial charge in [-0.3, -0.25) is 4.79 Å². The Morgan fingerprint density at radius 2 is 2.00 bits per heavy atom. The van der Waals surface area contributed by atoms with Gasteiger partial charge in [0.2, 0.25) is 5.91 Å². The van der Waals surface area contributed by atoms with Crippen LogP contribution in [0.3, 0.4) is 0 Å². The summed E-state index contributed by atoms with van der Waals surface area (Å²) in [5, 5.41) is 11.3. The number of nitrogens with two attached hydrogens (primary N) is 1. The summed E-state index contributed by atoms with van der Waals surface area (Å²) >= 11 is 0. The van der Waals surface area contributed by atoms with Gasteiger partial charge in [0.15, 0.2) is 5.84 Å². The highest BCUT2D eigenvalue weighted by Crippen LogP contribution is 2.00. The smallest absolute Gasteiger partial charge is 0.249 e. The third kappa shape index (κ3) is 5.55. The number of oxime groups is 1. The fourth-order valence-corrected chi connectivity index (χ4v) is 1.09. The van der Waals surface area contributed by atoms with Gasteiger partial charge in [0.05, 0.1) is 12.6 Å². The van der Waals surface area contributed by atoms with Crippen LogP contribution in [-0.2, 0) is 9.53 Å². The fraction of sp³-hybridized carbons (Fsp3) is 0.800. The summed E-state index contributed by atoms with van der Waals surface area (Å²) in [6, 6.07) is -0.0245. The van der Waals surface area contributed by atoms with E-state index in [1.165, 1.54) is 4.90 Å². The SMILES string of the molecule is CC(C)OCC(=O)N(CC(N)=NO)C(C)C. The van der Waals surface area contributed by atoms with Crippen LogP contribution in [0.1, 0.15) is 27.7 Å². The lowest BCUT2D eigenvalue weighted by Crippen LogP contribution is -2.44. The van der Waals surface area contributed by atoms with Gasteiger partial charge in [0.25, 0.3) is 0 Å². The quantitative estimate of drug-likeness (QED) is 0.300. The van der Waals surface area contributed by atoms with Gasteiger partial charge in [-0.1, -0.05) is 5.16 Å². The average molecular weight is 231 g/mol. The Balaban J connectivity index is 4.36. The lowest BCUT2D eigenvalue weighted by atomic mass is 10.3. The van der Waals surface area contributed by atoms with E-state index in [2.05, 4.69) is 5.16 Å². The third-order valence-corrected chi connectivity index (χ3v) is 1.94. The van der Waals surface area contributed by atoms with Crippen molar-refractivity contribution in [3.63, 3.8) is 0 Å². The first-order chi connectivity index (χ1) is 7.38. The Hall–Kier alpha value is -1.30. The van der Waals surface area contributed by atoms with Crippen LogP contribution in [0.4, 0.5) is 0 Å². The van der Waals surface area contributed by atoms with E-state index in [9.17, 15) is 4.79 Å². The molecule has 0 saturated carbocycles. The second-order valence-corrected chi connectivity index (χ2v) is 4.07. The summed E-state index contributed by atoms with van der Waals surface area (Å²) in [5.74, 6) is -0.165. The Bertz CT molecular complexity index is 252. The van der Waals surface area contributed by atoms with E-state index in [4.69, 9.17) is 15.7 Å². The molecular weight excluding hydrogens is 210 g/mol. The molecule has 0 spiro atoms. The first kappa shape index (κ1) is 14.7. The molecule has 0 unspecified atom stereocenters. The molecule has 0 aromatic heterocycles. The summed E-state index contributed by atoms with van der Waals surface area (Å²) in [4.78, 5) is 13.2. The number of amides is 1. The largest absolute Gasteiger partial charge is 0.409 e. The number of carbonyl (C=O) groups excluding carboxylic acids is 1. The van der Waals surface area contributed by atoms with E-state index >= 15 is 0 Å². The molecule has 0 atom stereocenters. The molecule has 1 amide bonds. The summed E-state index contributed by atoms with van der Waals surface area (Å²) in [7, 11) is 0. The van der Waals surface area contributed by atoms with Crippen molar-refractivity contribution >= 4 is 11.7 Å². The van der Waals surface area contributed by atoms with Crippen molar-refractivity contribution in [3.8, 4) is 0 Å². The topological polar surface area (TPSA) is 88.2 Å². The van der Waals surface area contributed by atoms with Crippen LogP contribution in [0.2, 0.25) is 0 Å². The highest BCUT2D eigenvalue weighted by molar-refractivity contribution is 5.87. The van der Waals surface area contributed by atoms with Gasteiger partial charge in [0.1, 0.15) is 6.61 Å². The van der Waals surface area contributed by atoms with Gasteiger partial charge >= 0.3 is 0 Å². The van der Waals surface area contributed by atoms with Crippen molar-refractivity contribution in [2.75, 3.05) is 13.2 Å². The first-order valence-electron chi connectivity index (χ1n) is 5.26. The maximum absolute atomic E-state index is 11.7. The van der Waals surface area contributed by atoms with Crippen molar-refractivity contribution in [3.05, 3.63) is 0 Å². The molecule has 0 aliphatic rings. The summed E-state index contributed by atoms with van der Waals surface area (Å²) < 4.78 is 5.22. The highest BCUT2D eigenvalue weighted by Gasteiger charge is 2.18. The van der Waals surface area contributed by atoms with E-state index in [0.29, 0.717) is 0 Å². The molecule has 0 aliphatic carbocycles. The van der Waals surface area contributed by atoms with Crippen LogP contribution in [0, 0.1) is 0 Å². The zero-order valence-electron chi connectivity index (χ0n) is 10.3. The van der Waals surface area contributed by atoms with Gasteiger partial charge in [-0.25, -0.2) is 0 Å². The maximum Gasteiger partial charge on any atom is 0.249 e. The lowest BCUT2D eigenvalue weighted by molar-refractivity contribution is -0.138. The molecule has 16 heavy (non-hydrogen) atoms. The van der Waals surface area contributed by atoms with Gasteiger partial charge in [-0.2, -0.15) is 0 Å². The van der Waals surface area contributed by atoms with Crippen molar-refractivity contribution in [1.29, 1.82) is 0 Å². The van der Waals surface area contributed by atoms with E-state index < -0.39 is 0 Å². The van der Waals surface area contributed by atoms with Gasteiger partial charge < -0.3 is 20.6 Å². The van der Waals surface area contributed by atoms with Crippen molar-refractivity contribution in [1.82, 2.24) is 4.90 Å². The maximum atomic E-state index is 11.7. The number of rotatable bonds is 6. The molecule has 0 fully saturated rings. The molecule has 0 radical (unpaired) electrons. The first-order valence-corrected chi connectivity index (χ1v) is 5.26. The molecule has 6 heteroatoms. The molecule has 0 rings (SSSR count). The molecule has 0 heterocycles. The number of amidine groups is 1. The Labute approximate surface area is 96.0 Å². The van der Waals surface area contributed by atoms with Crippen molar-refractivity contribution in [2.24, 2.45) is 10.9 Å². The predicted octanol–water partition coefficient (Wildman–Crippen LogP) is 0.395. The minimum Gasteiger partial charge on any atom is -0.409 e. The highest BCUT2D eigenvalue weighted by atomic mass is 16.5. The second-order valence-electron chi connectivity index (χ2n) is 4.07. The second kappa shape index (κ2) is 7.05. The van der Waals surface area contributed by atoms with Crippen molar-refractivity contribution < 1.29 is 14.7 Å². The van der Waals surface area contributed by atoms with Gasteiger partial charge in [0, 0.05) is 6.04 Å². The standard InChI is InChI=1S/C10H21N3O3/c1-7(2)13(5-9(11)12-15)10(14)6-16-8(3)4/h7-8,15H,5-6H2,1-4H3,(H2,11,12). The molecule has 0 saturated heterocycles. The van der Waals surface area contributed by atoms with Gasteiger partial charge in [-0.05, 0) is 27.7 Å². The number of carbonyl (C=O) groups is 1. The summed E-state index contributed by atoms with van der Waals surface area (Å²) in [5.41, 5.74) is 5.37. The monoisotopic (exact) mass is 231 g/mol. The van der Waals surface area contributed by atoms with E-state index in [1.54, 1.807) is 0 Å². The summed E-state index contributed by atoms with van der Waals surface area (Å²) in [6.45, 7) is 7.55. The van der Waals surface area contributed by atoms with Crippen LogP contribution in [0.5, 0.6) is 0 Å². The predicted molar refractivity (Wildman–Crippen MR) is 61.3 cm³/mol. The third-order valence-electron chi connectivity index (χ3n) is 1.94. The molecular formula is C10H21N3O3. The molecule has 0 aromatic rings. The Morgan fingerprint density at radius 1 is 1.44 bits per heavy atom. The van der Waals surface area contributed by atoms with Crippen LogP contribution in [-0.4, -0.2) is 47.1 Å². The Kier molecular flexibility index (Phi) is 6.48. The number of ether oxygens (including phenoxy) is 1. The van der Waals surface area contributed by atoms with Crippen LogP contribution < -0.4 is 5.73 Å². The molecule has 0 aromatic carbocycles. The van der Waals surface area contributed by atoms with Crippen LogP contribution in [0.25, 0.3) is 0 Å². The van der Waals surface area contributed by atoms with Crippen LogP contribution >= 0.6 is 0 Å². The number of nitrogens with zero attached hydrogens (tertiary/aromatic N) is 2.